The predicted octanol–water partition coefficient (Wildman–Crippen LogP) is 1.46. The maximum atomic E-state index is 11.4. The van der Waals surface area contributed by atoms with Gasteiger partial charge in [-0.3, -0.25) is 4.79 Å². The first kappa shape index (κ1) is 15.6. The molecule has 17 heavy (non-hydrogen) atoms. The van der Waals surface area contributed by atoms with Crippen LogP contribution in [-0.4, -0.2) is 37.9 Å². The van der Waals surface area contributed by atoms with Gasteiger partial charge in [-0.15, -0.1) is 0 Å². The van der Waals surface area contributed by atoms with Crippen LogP contribution in [0.25, 0.3) is 0 Å². The van der Waals surface area contributed by atoms with E-state index in [1.54, 1.807) is 20.8 Å². The molecule has 0 spiro atoms. The molecule has 0 aromatic heterocycles. The second-order valence-electron chi connectivity index (χ2n) is 4.33. The zero-order valence-corrected chi connectivity index (χ0v) is 10.9. The molecule has 0 heterocycles. The molecule has 0 radical (unpaired) electrons. The van der Waals surface area contributed by atoms with Gasteiger partial charge >= 0.3 is 11.9 Å². The molecule has 0 aromatic rings. The fraction of sp³-hybridized carbons (Fsp3) is 0.667. The van der Waals surface area contributed by atoms with Gasteiger partial charge in [0.2, 0.25) is 0 Å². The molecular weight excluding hydrogens is 224 g/mol. The third-order valence-electron chi connectivity index (χ3n) is 1.77. The van der Waals surface area contributed by atoms with Crippen LogP contribution in [0.3, 0.4) is 0 Å². The molecule has 98 valence electrons. The van der Waals surface area contributed by atoms with Crippen molar-refractivity contribution in [1.29, 1.82) is 0 Å². The van der Waals surface area contributed by atoms with Gasteiger partial charge in [0.15, 0.2) is 0 Å². The van der Waals surface area contributed by atoms with Crippen LogP contribution in [0.2, 0.25) is 0 Å². The molecule has 0 aromatic carbocycles. The Morgan fingerprint density at radius 1 is 1.29 bits per heavy atom. The summed E-state index contributed by atoms with van der Waals surface area (Å²) in [6.07, 6.45) is 0.0200. The first-order chi connectivity index (χ1) is 7.78. The molecular formula is C12H20O5. The number of rotatable bonds is 7. The lowest BCUT2D eigenvalue weighted by Crippen LogP contribution is -2.33. The second-order valence-corrected chi connectivity index (χ2v) is 4.33. The van der Waals surface area contributed by atoms with Crippen molar-refractivity contribution in [3.05, 3.63) is 12.2 Å². The highest BCUT2D eigenvalue weighted by Gasteiger charge is 2.22. The van der Waals surface area contributed by atoms with E-state index < -0.39 is 17.5 Å². The maximum Gasteiger partial charge on any atom is 0.333 e. The summed E-state index contributed by atoms with van der Waals surface area (Å²) in [5.41, 5.74) is -0.373. The standard InChI is InChI=1S/C12H20O5/c1-9(2)11(14)16-7-6-10(13)17-12(3,4)8-15-5/h1,6-8H2,2-5H3. The smallest absolute Gasteiger partial charge is 0.333 e. The molecule has 0 bridgehead atoms. The van der Waals surface area contributed by atoms with E-state index in [1.807, 2.05) is 0 Å². The van der Waals surface area contributed by atoms with Crippen LogP contribution in [0.4, 0.5) is 0 Å². The monoisotopic (exact) mass is 244 g/mol. The van der Waals surface area contributed by atoms with E-state index in [9.17, 15) is 9.59 Å². The first-order valence-electron chi connectivity index (χ1n) is 5.32. The Kier molecular flexibility index (Phi) is 6.50. The summed E-state index contributed by atoms with van der Waals surface area (Å²) < 4.78 is 14.8. The number of carbonyl (C=O) groups excluding carboxylic acids is 2. The van der Waals surface area contributed by atoms with E-state index in [1.165, 1.54) is 7.11 Å². The predicted molar refractivity (Wildman–Crippen MR) is 62.4 cm³/mol. The molecule has 0 atom stereocenters. The minimum Gasteiger partial charge on any atom is -0.462 e. The highest BCUT2D eigenvalue weighted by atomic mass is 16.6. The van der Waals surface area contributed by atoms with E-state index >= 15 is 0 Å². The summed E-state index contributed by atoms with van der Waals surface area (Å²) >= 11 is 0. The molecule has 0 rings (SSSR count). The van der Waals surface area contributed by atoms with Gasteiger partial charge in [0.25, 0.3) is 0 Å². The summed E-state index contributed by atoms with van der Waals surface area (Å²) in [4.78, 5) is 22.4. The Bertz CT molecular complexity index is 293. The van der Waals surface area contributed by atoms with Crippen molar-refractivity contribution in [2.75, 3.05) is 20.3 Å². The number of hydrogen-bond acceptors (Lipinski definition) is 5. The van der Waals surface area contributed by atoms with E-state index in [4.69, 9.17) is 14.2 Å². The van der Waals surface area contributed by atoms with Gasteiger partial charge in [-0.2, -0.15) is 0 Å². The molecule has 0 saturated carbocycles. The van der Waals surface area contributed by atoms with Crippen molar-refractivity contribution in [3.8, 4) is 0 Å². The topological polar surface area (TPSA) is 61.8 Å². The van der Waals surface area contributed by atoms with Crippen LogP contribution in [-0.2, 0) is 23.8 Å². The number of esters is 2. The number of hydrogen-bond donors (Lipinski definition) is 0. The number of ether oxygens (including phenoxy) is 3. The lowest BCUT2D eigenvalue weighted by molar-refractivity contribution is -0.162. The molecule has 0 amide bonds. The van der Waals surface area contributed by atoms with Crippen molar-refractivity contribution in [2.24, 2.45) is 0 Å². The van der Waals surface area contributed by atoms with Gasteiger partial charge in [0.05, 0.1) is 13.0 Å². The number of carbonyl (C=O) groups is 2. The van der Waals surface area contributed by atoms with Crippen molar-refractivity contribution >= 4 is 11.9 Å². The third-order valence-corrected chi connectivity index (χ3v) is 1.77. The van der Waals surface area contributed by atoms with Gasteiger partial charge in [0, 0.05) is 12.7 Å². The van der Waals surface area contributed by atoms with Crippen molar-refractivity contribution in [1.82, 2.24) is 0 Å². The SMILES string of the molecule is C=C(C)C(=O)OCCC(=O)OC(C)(C)COC. The Morgan fingerprint density at radius 2 is 1.88 bits per heavy atom. The van der Waals surface area contributed by atoms with Crippen LogP contribution in [0.15, 0.2) is 12.2 Å². The van der Waals surface area contributed by atoms with Crippen molar-refractivity contribution in [3.63, 3.8) is 0 Å². The summed E-state index contributed by atoms with van der Waals surface area (Å²) in [6, 6.07) is 0. The van der Waals surface area contributed by atoms with E-state index in [-0.39, 0.29) is 13.0 Å². The average molecular weight is 244 g/mol. The maximum absolute atomic E-state index is 11.4. The lowest BCUT2D eigenvalue weighted by Gasteiger charge is -2.23. The van der Waals surface area contributed by atoms with E-state index in [0.29, 0.717) is 12.2 Å². The van der Waals surface area contributed by atoms with Crippen molar-refractivity contribution in [2.45, 2.75) is 32.8 Å². The summed E-state index contributed by atoms with van der Waals surface area (Å²) in [5.74, 6) is -0.935. The van der Waals surface area contributed by atoms with E-state index in [0.717, 1.165) is 0 Å². The minimum atomic E-state index is -0.676. The van der Waals surface area contributed by atoms with Gasteiger partial charge < -0.3 is 14.2 Å². The molecule has 5 nitrogen and oxygen atoms in total. The molecule has 0 aliphatic heterocycles. The minimum absolute atomic E-state index is 0.00636. The Hall–Kier alpha value is -1.36. The first-order valence-corrected chi connectivity index (χ1v) is 5.32. The Morgan fingerprint density at radius 3 is 2.35 bits per heavy atom. The molecule has 0 aliphatic rings. The fourth-order valence-corrected chi connectivity index (χ4v) is 1.09. The quantitative estimate of drug-likeness (QED) is 0.501. The van der Waals surface area contributed by atoms with Crippen LogP contribution in [0.1, 0.15) is 27.2 Å². The largest absolute Gasteiger partial charge is 0.462 e. The zero-order chi connectivity index (χ0) is 13.5. The van der Waals surface area contributed by atoms with Gasteiger partial charge in [0.1, 0.15) is 12.2 Å². The van der Waals surface area contributed by atoms with Gasteiger partial charge in [-0.25, -0.2) is 4.79 Å². The summed E-state index contributed by atoms with van der Waals surface area (Å²) in [5, 5.41) is 0. The average Bonchev–Trinajstić information content (AvgIpc) is 2.15. The third kappa shape index (κ3) is 7.52. The van der Waals surface area contributed by atoms with Crippen LogP contribution in [0, 0.1) is 0 Å². The fourth-order valence-electron chi connectivity index (χ4n) is 1.09. The highest BCUT2D eigenvalue weighted by Crippen LogP contribution is 2.10. The lowest BCUT2D eigenvalue weighted by atomic mass is 10.1. The summed E-state index contributed by atoms with van der Waals surface area (Å²) in [6.45, 7) is 8.77. The molecule has 0 unspecified atom stereocenters. The van der Waals surface area contributed by atoms with Crippen LogP contribution < -0.4 is 0 Å². The van der Waals surface area contributed by atoms with Gasteiger partial charge in [-0.1, -0.05) is 6.58 Å². The van der Waals surface area contributed by atoms with Crippen LogP contribution in [0.5, 0.6) is 0 Å². The molecule has 0 N–H and O–H groups in total. The molecule has 0 saturated heterocycles. The number of methoxy groups -OCH3 is 1. The molecule has 0 aliphatic carbocycles. The van der Waals surface area contributed by atoms with E-state index in [2.05, 4.69) is 6.58 Å². The van der Waals surface area contributed by atoms with Gasteiger partial charge in [-0.05, 0) is 20.8 Å². The molecule has 5 heteroatoms. The van der Waals surface area contributed by atoms with Crippen molar-refractivity contribution < 1.29 is 23.8 Å². The summed E-state index contributed by atoms with van der Waals surface area (Å²) in [7, 11) is 1.53. The normalized spacial score (nSPS) is 10.8. The van der Waals surface area contributed by atoms with Crippen LogP contribution >= 0.6 is 0 Å². The zero-order valence-electron chi connectivity index (χ0n) is 10.9. The Balaban J connectivity index is 3.88. The highest BCUT2D eigenvalue weighted by molar-refractivity contribution is 5.87. The Labute approximate surface area is 102 Å². The second kappa shape index (κ2) is 7.06. The molecule has 0 fully saturated rings.